The van der Waals surface area contributed by atoms with Crippen molar-refractivity contribution in [1.82, 2.24) is 0 Å². The summed E-state index contributed by atoms with van der Waals surface area (Å²) in [5, 5.41) is 0.0616. The fourth-order valence-corrected chi connectivity index (χ4v) is 2.87. The minimum Gasteiger partial charge on any atom is -0.442 e. The smallest absolute Gasteiger partial charge is 0.239 e. The number of halogens is 2. The summed E-state index contributed by atoms with van der Waals surface area (Å²) in [6.07, 6.45) is 0.424. The Bertz CT molecular complexity index is 704. The molecule has 0 atom stereocenters. The maximum Gasteiger partial charge on any atom is 0.239 e. The summed E-state index contributed by atoms with van der Waals surface area (Å²) in [5.74, 6) is -0.0614. The van der Waals surface area contributed by atoms with E-state index in [1.165, 1.54) is 30.3 Å². The van der Waals surface area contributed by atoms with E-state index in [1.54, 1.807) is 0 Å². The highest BCUT2D eigenvalue weighted by Crippen LogP contribution is 2.28. The van der Waals surface area contributed by atoms with Gasteiger partial charge in [-0.15, -0.1) is 0 Å². The lowest BCUT2D eigenvalue weighted by atomic mass is 10.4. The molecule has 0 spiro atoms. The van der Waals surface area contributed by atoms with Gasteiger partial charge in [-0.25, -0.2) is 8.42 Å². The van der Waals surface area contributed by atoms with E-state index >= 15 is 0 Å². The van der Waals surface area contributed by atoms with Gasteiger partial charge < -0.3 is 4.42 Å². The van der Waals surface area contributed by atoms with E-state index in [4.69, 9.17) is 27.6 Å². The molecule has 94 valence electrons. The molecule has 7 heteroatoms. The molecule has 18 heavy (non-hydrogen) atoms. The average molecular weight is 305 g/mol. The van der Waals surface area contributed by atoms with E-state index in [9.17, 15) is 13.2 Å². The molecular weight excluding hydrogens is 299 g/mol. The maximum atomic E-state index is 12.1. The van der Waals surface area contributed by atoms with E-state index in [-0.39, 0.29) is 25.8 Å². The van der Waals surface area contributed by atoms with E-state index in [1.807, 2.05) is 0 Å². The van der Waals surface area contributed by atoms with Crippen LogP contribution in [0.5, 0.6) is 0 Å². The molecule has 0 unspecified atom stereocenters. The van der Waals surface area contributed by atoms with Gasteiger partial charge in [-0.05, 0) is 30.3 Å². The third kappa shape index (κ3) is 2.29. The number of hydrogen-bond donors (Lipinski definition) is 0. The van der Waals surface area contributed by atoms with Gasteiger partial charge in [0, 0.05) is 0 Å². The third-order valence-electron chi connectivity index (χ3n) is 2.18. The van der Waals surface area contributed by atoms with Gasteiger partial charge in [0.2, 0.25) is 14.9 Å². The predicted octanol–water partition coefficient (Wildman–Crippen LogP) is 3.23. The first-order valence-electron chi connectivity index (χ1n) is 4.70. The van der Waals surface area contributed by atoms with Crippen LogP contribution in [0.3, 0.4) is 0 Å². The van der Waals surface area contributed by atoms with E-state index in [2.05, 4.69) is 0 Å². The molecule has 0 saturated carbocycles. The van der Waals surface area contributed by atoms with Gasteiger partial charge in [0.05, 0.1) is 14.9 Å². The summed E-state index contributed by atoms with van der Waals surface area (Å²) >= 11 is 11.5. The highest BCUT2D eigenvalue weighted by molar-refractivity contribution is 7.91. The SMILES string of the molecule is O=Cc1ccc(S(=O)(=O)c2ccc(Cl)c(Cl)c2)o1. The van der Waals surface area contributed by atoms with Gasteiger partial charge in [-0.2, -0.15) is 0 Å². The number of benzene rings is 1. The lowest BCUT2D eigenvalue weighted by molar-refractivity contribution is 0.109. The number of furan rings is 1. The lowest BCUT2D eigenvalue weighted by Crippen LogP contribution is -2.00. The zero-order chi connectivity index (χ0) is 13.3. The minimum absolute atomic E-state index is 0.0521. The lowest BCUT2D eigenvalue weighted by Gasteiger charge is -2.02. The summed E-state index contributed by atoms with van der Waals surface area (Å²) < 4.78 is 29.1. The highest BCUT2D eigenvalue weighted by Gasteiger charge is 2.22. The van der Waals surface area contributed by atoms with Crippen LogP contribution in [0.4, 0.5) is 0 Å². The predicted molar refractivity (Wildman–Crippen MR) is 66.0 cm³/mol. The summed E-state index contributed by atoms with van der Waals surface area (Å²) in [7, 11) is -3.84. The molecule has 1 heterocycles. The summed E-state index contributed by atoms with van der Waals surface area (Å²) in [6, 6.07) is 6.40. The molecule has 0 bridgehead atoms. The molecule has 0 aliphatic rings. The van der Waals surface area contributed by atoms with Crippen LogP contribution in [0.15, 0.2) is 44.7 Å². The van der Waals surface area contributed by atoms with Crippen molar-refractivity contribution in [3.05, 3.63) is 46.1 Å². The second-order valence-electron chi connectivity index (χ2n) is 3.35. The normalized spacial score (nSPS) is 11.4. The van der Waals surface area contributed by atoms with Gasteiger partial charge in [-0.3, -0.25) is 4.79 Å². The summed E-state index contributed by atoms with van der Waals surface area (Å²) in [5.41, 5.74) is 0. The van der Waals surface area contributed by atoms with Crippen molar-refractivity contribution in [2.75, 3.05) is 0 Å². The Morgan fingerprint density at radius 1 is 1.06 bits per heavy atom. The van der Waals surface area contributed by atoms with E-state index in [0.29, 0.717) is 6.29 Å². The Morgan fingerprint density at radius 3 is 2.33 bits per heavy atom. The zero-order valence-electron chi connectivity index (χ0n) is 8.76. The molecular formula is C11H6Cl2O4S. The van der Waals surface area contributed by atoms with Crippen LogP contribution >= 0.6 is 23.2 Å². The molecule has 0 amide bonds. The molecule has 0 radical (unpaired) electrons. The molecule has 0 aliphatic heterocycles. The van der Waals surface area contributed by atoms with Gasteiger partial charge in [0.1, 0.15) is 0 Å². The summed E-state index contributed by atoms with van der Waals surface area (Å²) in [6.45, 7) is 0. The topological polar surface area (TPSA) is 64.3 Å². The maximum absolute atomic E-state index is 12.1. The quantitative estimate of drug-likeness (QED) is 0.817. The summed E-state index contributed by atoms with van der Waals surface area (Å²) in [4.78, 5) is 10.4. The molecule has 0 N–H and O–H groups in total. The monoisotopic (exact) mass is 304 g/mol. The molecule has 2 aromatic rings. The van der Waals surface area contributed by atoms with Crippen LogP contribution in [-0.4, -0.2) is 14.7 Å². The Labute approximate surface area is 113 Å². The fourth-order valence-electron chi connectivity index (χ4n) is 1.30. The van der Waals surface area contributed by atoms with E-state index < -0.39 is 9.84 Å². The van der Waals surface area contributed by atoms with Crippen molar-refractivity contribution in [2.24, 2.45) is 0 Å². The first kappa shape index (κ1) is 13.1. The molecule has 0 saturated heterocycles. The van der Waals surface area contributed by atoms with Gasteiger partial charge in [-0.1, -0.05) is 23.2 Å². The number of hydrogen-bond acceptors (Lipinski definition) is 4. The van der Waals surface area contributed by atoms with Crippen molar-refractivity contribution in [3.63, 3.8) is 0 Å². The van der Waals surface area contributed by atoms with Crippen LogP contribution in [0.2, 0.25) is 10.0 Å². The Hall–Kier alpha value is -1.30. The standard InChI is InChI=1S/C11H6Cl2O4S/c12-9-3-2-8(5-10(9)13)18(15,16)11-4-1-7(6-14)17-11/h1-6H. The number of carbonyl (C=O) groups excluding carboxylic acids is 1. The van der Waals surface area contributed by atoms with E-state index in [0.717, 1.165) is 0 Å². The van der Waals surface area contributed by atoms with Crippen LogP contribution in [-0.2, 0) is 9.84 Å². The number of aldehydes is 1. The van der Waals surface area contributed by atoms with Crippen molar-refractivity contribution < 1.29 is 17.6 Å². The fraction of sp³-hybridized carbons (Fsp3) is 0. The number of sulfone groups is 1. The average Bonchev–Trinajstić information content (AvgIpc) is 2.81. The van der Waals surface area contributed by atoms with Crippen LogP contribution < -0.4 is 0 Å². The minimum atomic E-state index is -3.84. The molecule has 4 nitrogen and oxygen atoms in total. The second kappa shape index (κ2) is 4.76. The first-order chi connectivity index (χ1) is 8.45. The van der Waals surface area contributed by atoms with Crippen molar-refractivity contribution in [3.8, 4) is 0 Å². The Balaban J connectivity index is 2.53. The number of carbonyl (C=O) groups is 1. The van der Waals surface area contributed by atoms with Crippen LogP contribution in [0.25, 0.3) is 0 Å². The molecule has 1 aromatic heterocycles. The van der Waals surface area contributed by atoms with Crippen molar-refractivity contribution >= 4 is 39.3 Å². The molecule has 2 rings (SSSR count). The molecule has 1 aromatic carbocycles. The highest BCUT2D eigenvalue weighted by atomic mass is 35.5. The Kier molecular flexibility index (Phi) is 3.47. The second-order valence-corrected chi connectivity index (χ2v) is 6.05. The Morgan fingerprint density at radius 2 is 1.78 bits per heavy atom. The van der Waals surface area contributed by atoms with Crippen LogP contribution in [0, 0.1) is 0 Å². The molecule has 0 fully saturated rings. The van der Waals surface area contributed by atoms with Crippen molar-refractivity contribution in [2.45, 2.75) is 9.99 Å². The van der Waals surface area contributed by atoms with Crippen molar-refractivity contribution in [1.29, 1.82) is 0 Å². The first-order valence-corrected chi connectivity index (χ1v) is 6.94. The zero-order valence-corrected chi connectivity index (χ0v) is 11.1. The van der Waals surface area contributed by atoms with Gasteiger partial charge in [0.15, 0.2) is 12.0 Å². The number of rotatable bonds is 3. The van der Waals surface area contributed by atoms with Crippen LogP contribution in [0.1, 0.15) is 10.6 Å². The van der Waals surface area contributed by atoms with Gasteiger partial charge in [0.25, 0.3) is 0 Å². The largest absolute Gasteiger partial charge is 0.442 e. The third-order valence-corrected chi connectivity index (χ3v) is 4.55. The molecule has 0 aliphatic carbocycles. The van der Waals surface area contributed by atoms with Gasteiger partial charge >= 0.3 is 0 Å².